The van der Waals surface area contributed by atoms with Crippen LogP contribution in [-0.4, -0.2) is 27.6 Å². The largest absolute Gasteiger partial charge is 0.480 e. The normalized spacial score (nSPS) is 16.4. The average Bonchev–Trinajstić information content (AvgIpc) is 3.08. The predicted octanol–water partition coefficient (Wildman–Crippen LogP) is 2.32. The molecule has 1 heterocycles. The second-order valence-electron chi connectivity index (χ2n) is 5.22. The van der Waals surface area contributed by atoms with Gasteiger partial charge in [-0.2, -0.15) is 0 Å². The van der Waals surface area contributed by atoms with Crippen LogP contribution in [0.3, 0.4) is 0 Å². The van der Waals surface area contributed by atoms with Crippen molar-refractivity contribution in [2.24, 2.45) is 5.92 Å². The number of nitrogens with one attached hydrogen (secondary N) is 1. The van der Waals surface area contributed by atoms with E-state index in [0.717, 1.165) is 12.8 Å². The molecular weight excluding hydrogens is 268 g/mol. The fourth-order valence-electron chi connectivity index (χ4n) is 2.01. The van der Waals surface area contributed by atoms with Crippen molar-refractivity contribution in [1.82, 2.24) is 9.88 Å². The molecule has 1 aliphatic rings. The van der Waals surface area contributed by atoms with Crippen LogP contribution in [-0.2, 0) is 4.79 Å². The molecule has 0 aliphatic heterocycles. The van der Waals surface area contributed by atoms with Gasteiger partial charge in [0.25, 0.3) is 5.91 Å². The number of amides is 1. The standard InChI is InChI=1S/C13H17ClN2O3/c1-7(2)11(13(18)19)15-12(17)10-5-8(14)6-16(10)9-3-4-9/h5-7,9,11H,3-4H2,1-2H3,(H,15,17)(H,18,19)/t11-/m1/s1. The fraction of sp³-hybridized carbons (Fsp3) is 0.538. The van der Waals surface area contributed by atoms with Crippen molar-refractivity contribution in [2.45, 2.75) is 38.8 Å². The first-order valence-electron chi connectivity index (χ1n) is 6.31. The number of hydrogen-bond donors (Lipinski definition) is 2. The highest BCUT2D eigenvalue weighted by atomic mass is 35.5. The first-order valence-corrected chi connectivity index (χ1v) is 6.69. The predicted molar refractivity (Wildman–Crippen MR) is 71.4 cm³/mol. The third-order valence-electron chi connectivity index (χ3n) is 3.21. The third-order valence-corrected chi connectivity index (χ3v) is 3.41. The Morgan fingerprint density at radius 2 is 2.11 bits per heavy atom. The van der Waals surface area contributed by atoms with Crippen molar-refractivity contribution in [3.63, 3.8) is 0 Å². The Labute approximate surface area is 116 Å². The van der Waals surface area contributed by atoms with Crippen LogP contribution >= 0.6 is 11.6 Å². The van der Waals surface area contributed by atoms with Crippen LogP contribution in [0.2, 0.25) is 5.02 Å². The van der Waals surface area contributed by atoms with E-state index in [4.69, 9.17) is 16.7 Å². The molecular formula is C13H17ClN2O3. The number of carbonyl (C=O) groups excluding carboxylic acids is 1. The van der Waals surface area contributed by atoms with E-state index in [-0.39, 0.29) is 11.8 Å². The summed E-state index contributed by atoms with van der Waals surface area (Å²) >= 11 is 5.93. The topological polar surface area (TPSA) is 71.3 Å². The molecule has 0 unspecified atom stereocenters. The van der Waals surface area contributed by atoms with Crippen LogP contribution in [0.15, 0.2) is 12.3 Å². The number of carboxylic acids is 1. The van der Waals surface area contributed by atoms with Crippen molar-refractivity contribution < 1.29 is 14.7 Å². The first-order chi connectivity index (χ1) is 8.90. The molecule has 5 nitrogen and oxygen atoms in total. The molecule has 1 saturated carbocycles. The van der Waals surface area contributed by atoms with Gasteiger partial charge < -0.3 is 15.0 Å². The minimum atomic E-state index is -1.03. The molecule has 1 aromatic rings. The molecule has 1 atom stereocenters. The van der Waals surface area contributed by atoms with Crippen LogP contribution in [0.25, 0.3) is 0 Å². The van der Waals surface area contributed by atoms with Gasteiger partial charge in [0.15, 0.2) is 0 Å². The van der Waals surface area contributed by atoms with Crippen molar-refractivity contribution in [2.75, 3.05) is 0 Å². The molecule has 0 aromatic carbocycles. The Morgan fingerprint density at radius 1 is 1.47 bits per heavy atom. The van der Waals surface area contributed by atoms with Gasteiger partial charge in [-0.25, -0.2) is 4.79 Å². The molecule has 0 saturated heterocycles. The molecule has 1 aliphatic carbocycles. The Kier molecular flexibility index (Phi) is 3.85. The molecule has 6 heteroatoms. The molecule has 1 amide bonds. The Bertz CT molecular complexity index is 506. The SMILES string of the molecule is CC(C)[C@@H](NC(=O)c1cc(Cl)cn1C1CC1)C(=O)O. The number of carboxylic acid groups (broad SMARTS) is 1. The lowest BCUT2D eigenvalue weighted by Gasteiger charge is -2.18. The van der Waals surface area contributed by atoms with Crippen molar-refractivity contribution in [1.29, 1.82) is 0 Å². The number of aliphatic carboxylic acids is 1. The molecule has 104 valence electrons. The number of nitrogens with zero attached hydrogens (tertiary/aromatic N) is 1. The van der Waals surface area contributed by atoms with Crippen LogP contribution in [0, 0.1) is 5.92 Å². The number of aromatic nitrogens is 1. The first kappa shape index (κ1) is 13.9. The molecule has 1 fully saturated rings. The van der Waals surface area contributed by atoms with Crippen molar-refractivity contribution >= 4 is 23.5 Å². The zero-order valence-electron chi connectivity index (χ0n) is 10.9. The minimum Gasteiger partial charge on any atom is -0.480 e. The zero-order valence-corrected chi connectivity index (χ0v) is 11.6. The Hall–Kier alpha value is -1.49. The van der Waals surface area contributed by atoms with Crippen molar-refractivity contribution in [3.8, 4) is 0 Å². The summed E-state index contributed by atoms with van der Waals surface area (Å²) < 4.78 is 1.83. The quantitative estimate of drug-likeness (QED) is 0.871. The van der Waals surface area contributed by atoms with E-state index in [0.29, 0.717) is 16.8 Å². The van der Waals surface area contributed by atoms with Gasteiger partial charge in [-0.15, -0.1) is 0 Å². The maximum atomic E-state index is 12.2. The lowest BCUT2D eigenvalue weighted by atomic mass is 10.0. The van der Waals surface area contributed by atoms with E-state index in [2.05, 4.69) is 5.32 Å². The van der Waals surface area contributed by atoms with E-state index in [1.54, 1.807) is 26.1 Å². The second-order valence-corrected chi connectivity index (χ2v) is 5.65. The molecule has 0 spiro atoms. The second kappa shape index (κ2) is 5.25. The van der Waals surface area contributed by atoms with Crippen LogP contribution in [0.1, 0.15) is 43.2 Å². The summed E-state index contributed by atoms with van der Waals surface area (Å²) in [6.45, 7) is 3.51. The molecule has 2 N–H and O–H groups in total. The van der Waals surface area contributed by atoms with Gasteiger partial charge in [-0.3, -0.25) is 4.79 Å². The monoisotopic (exact) mass is 284 g/mol. The Balaban J connectivity index is 2.17. The van der Waals surface area contributed by atoms with Gasteiger partial charge in [0, 0.05) is 12.2 Å². The minimum absolute atomic E-state index is 0.179. The van der Waals surface area contributed by atoms with Crippen LogP contribution in [0.5, 0.6) is 0 Å². The summed E-state index contributed by atoms with van der Waals surface area (Å²) in [5.41, 5.74) is 0.430. The van der Waals surface area contributed by atoms with E-state index >= 15 is 0 Å². The van der Waals surface area contributed by atoms with Crippen LogP contribution < -0.4 is 5.32 Å². The summed E-state index contributed by atoms with van der Waals surface area (Å²) in [5, 5.41) is 12.1. The maximum Gasteiger partial charge on any atom is 0.326 e. The molecule has 19 heavy (non-hydrogen) atoms. The van der Waals surface area contributed by atoms with Gasteiger partial charge in [0.1, 0.15) is 11.7 Å². The smallest absolute Gasteiger partial charge is 0.326 e. The van der Waals surface area contributed by atoms with E-state index in [1.807, 2.05) is 4.57 Å². The van der Waals surface area contributed by atoms with Gasteiger partial charge in [0.05, 0.1) is 5.02 Å². The van der Waals surface area contributed by atoms with Gasteiger partial charge in [-0.05, 0) is 24.8 Å². The molecule has 1 aromatic heterocycles. The zero-order chi connectivity index (χ0) is 14.2. The van der Waals surface area contributed by atoms with Gasteiger partial charge in [0.2, 0.25) is 0 Å². The van der Waals surface area contributed by atoms with E-state index < -0.39 is 12.0 Å². The lowest BCUT2D eigenvalue weighted by molar-refractivity contribution is -0.140. The number of carbonyl (C=O) groups is 2. The fourth-order valence-corrected chi connectivity index (χ4v) is 2.22. The summed E-state index contributed by atoms with van der Waals surface area (Å²) in [6, 6.07) is 0.999. The van der Waals surface area contributed by atoms with Gasteiger partial charge >= 0.3 is 5.97 Å². The van der Waals surface area contributed by atoms with E-state index in [9.17, 15) is 9.59 Å². The molecule has 0 radical (unpaired) electrons. The molecule has 2 rings (SSSR count). The summed E-state index contributed by atoms with van der Waals surface area (Å²) in [6.07, 6.45) is 3.77. The summed E-state index contributed by atoms with van der Waals surface area (Å²) in [5.74, 6) is -1.60. The number of rotatable bonds is 5. The highest BCUT2D eigenvalue weighted by molar-refractivity contribution is 6.31. The van der Waals surface area contributed by atoms with Gasteiger partial charge in [-0.1, -0.05) is 25.4 Å². The number of hydrogen-bond acceptors (Lipinski definition) is 2. The molecule has 0 bridgehead atoms. The highest BCUT2D eigenvalue weighted by Crippen LogP contribution is 2.37. The van der Waals surface area contributed by atoms with Crippen molar-refractivity contribution in [3.05, 3.63) is 23.0 Å². The third kappa shape index (κ3) is 3.10. The Morgan fingerprint density at radius 3 is 2.58 bits per heavy atom. The van der Waals surface area contributed by atoms with E-state index in [1.165, 1.54) is 0 Å². The highest BCUT2D eigenvalue weighted by Gasteiger charge is 2.30. The number of halogens is 1. The van der Waals surface area contributed by atoms with Crippen LogP contribution in [0.4, 0.5) is 0 Å². The summed E-state index contributed by atoms with van der Waals surface area (Å²) in [7, 11) is 0. The maximum absolute atomic E-state index is 12.2. The average molecular weight is 285 g/mol. The lowest BCUT2D eigenvalue weighted by Crippen LogP contribution is -2.44. The summed E-state index contributed by atoms with van der Waals surface area (Å²) in [4.78, 5) is 23.3.